The van der Waals surface area contributed by atoms with E-state index in [0.29, 0.717) is 12.0 Å². The quantitative estimate of drug-likeness (QED) is 0.659. The molecule has 1 fully saturated rings. The monoisotopic (exact) mass is 170 g/mol. The molecule has 3 nitrogen and oxygen atoms in total. The lowest BCUT2D eigenvalue weighted by Crippen LogP contribution is -2.41. The summed E-state index contributed by atoms with van der Waals surface area (Å²) in [5.41, 5.74) is 5.56. The van der Waals surface area contributed by atoms with Crippen molar-refractivity contribution in [2.24, 2.45) is 11.1 Å². The molecular weight excluding hydrogens is 152 g/mol. The molecule has 0 spiro atoms. The van der Waals surface area contributed by atoms with Gasteiger partial charge in [0, 0.05) is 0 Å². The van der Waals surface area contributed by atoms with Crippen molar-refractivity contribution in [2.45, 2.75) is 26.7 Å². The minimum atomic E-state index is -0.213. The molecule has 1 aliphatic rings. The second-order valence-corrected chi connectivity index (χ2v) is 4.41. The molecular formula is C9H18N2O. The molecule has 1 saturated heterocycles. The zero-order valence-electron chi connectivity index (χ0n) is 7.97. The minimum absolute atomic E-state index is 0.213. The Morgan fingerprint density at radius 3 is 2.33 bits per heavy atom. The largest absolute Gasteiger partial charge is 0.369 e. The van der Waals surface area contributed by atoms with Gasteiger partial charge in [-0.3, -0.25) is 9.69 Å². The summed E-state index contributed by atoms with van der Waals surface area (Å²) in [6.45, 7) is 6.99. The third-order valence-electron chi connectivity index (χ3n) is 2.59. The summed E-state index contributed by atoms with van der Waals surface area (Å²) in [4.78, 5) is 12.7. The molecule has 1 heterocycles. The third kappa shape index (κ3) is 2.81. The number of rotatable bonds is 2. The minimum Gasteiger partial charge on any atom is -0.369 e. The fourth-order valence-electron chi connectivity index (χ4n) is 1.54. The van der Waals surface area contributed by atoms with E-state index in [2.05, 4.69) is 18.7 Å². The molecule has 0 unspecified atom stereocenters. The highest BCUT2D eigenvalue weighted by atomic mass is 16.1. The predicted octanol–water partition coefficient (Wildman–Crippen LogP) is 0.594. The van der Waals surface area contributed by atoms with Gasteiger partial charge < -0.3 is 5.73 Å². The molecule has 0 aliphatic carbocycles. The lowest BCUT2D eigenvalue weighted by Gasteiger charge is -2.36. The van der Waals surface area contributed by atoms with Crippen molar-refractivity contribution in [3.8, 4) is 0 Å². The normalized spacial score (nSPS) is 23.8. The van der Waals surface area contributed by atoms with Crippen LogP contribution in [0, 0.1) is 5.41 Å². The lowest BCUT2D eigenvalue weighted by molar-refractivity contribution is -0.119. The van der Waals surface area contributed by atoms with Crippen LogP contribution in [0.25, 0.3) is 0 Å². The van der Waals surface area contributed by atoms with Crippen LogP contribution in [-0.4, -0.2) is 30.4 Å². The van der Waals surface area contributed by atoms with Crippen LogP contribution >= 0.6 is 0 Å². The zero-order chi connectivity index (χ0) is 9.19. The van der Waals surface area contributed by atoms with E-state index in [1.807, 2.05) is 0 Å². The first-order valence-corrected chi connectivity index (χ1v) is 4.50. The summed E-state index contributed by atoms with van der Waals surface area (Å²) in [5, 5.41) is 0. The van der Waals surface area contributed by atoms with E-state index in [1.54, 1.807) is 0 Å². The van der Waals surface area contributed by atoms with Crippen LogP contribution in [0.4, 0.5) is 0 Å². The highest BCUT2D eigenvalue weighted by Gasteiger charge is 2.25. The maximum atomic E-state index is 10.6. The summed E-state index contributed by atoms with van der Waals surface area (Å²) in [6.07, 6.45) is 2.33. The van der Waals surface area contributed by atoms with Crippen molar-refractivity contribution in [3.05, 3.63) is 0 Å². The number of hydrogen-bond acceptors (Lipinski definition) is 2. The van der Waals surface area contributed by atoms with E-state index < -0.39 is 0 Å². The summed E-state index contributed by atoms with van der Waals surface area (Å²) < 4.78 is 0. The van der Waals surface area contributed by atoms with Crippen LogP contribution in [0.2, 0.25) is 0 Å². The molecule has 0 aromatic rings. The second-order valence-electron chi connectivity index (χ2n) is 4.41. The highest BCUT2D eigenvalue weighted by Crippen LogP contribution is 2.29. The van der Waals surface area contributed by atoms with Gasteiger partial charge in [0.05, 0.1) is 6.54 Å². The maximum absolute atomic E-state index is 10.6. The fraction of sp³-hybridized carbons (Fsp3) is 0.889. The van der Waals surface area contributed by atoms with Gasteiger partial charge in [-0.05, 0) is 31.3 Å². The van der Waals surface area contributed by atoms with Crippen LogP contribution in [0.1, 0.15) is 26.7 Å². The number of primary amides is 1. The number of nitrogens with two attached hydrogens (primary N) is 1. The van der Waals surface area contributed by atoms with Gasteiger partial charge in [0.25, 0.3) is 0 Å². The predicted molar refractivity (Wildman–Crippen MR) is 48.6 cm³/mol. The number of carbonyl (C=O) groups excluding carboxylic acids is 1. The summed E-state index contributed by atoms with van der Waals surface area (Å²) in [7, 11) is 0. The van der Waals surface area contributed by atoms with Crippen LogP contribution in [-0.2, 0) is 4.79 Å². The Labute approximate surface area is 73.9 Å². The van der Waals surface area contributed by atoms with Crippen LogP contribution < -0.4 is 5.73 Å². The molecule has 0 bridgehead atoms. The Hall–Kier alpha value is -0.570. The number of nitrogens with zero attached hydrogens (tertiary/aromatic N) is 1. The average molecular weight is 170 g/mol. The Kier molecular flexibility index (Phi) is 2.73. The Morgan fingerprint density at radius 1 is 1.42 bits per heavy atom. The Balaban J connectivity index is 2.31. The van der Waals surface area contributed by atoms with Crippen molar-refractivity contribution in [1.82, 2.24) is 4.90 Å². The number of carbonyl (C=O) groups is 1. The fourth-order valence-corrected chi connectivity index (χ4v) is 1.54. The van der Waals surface area contributed by atoms with E-state index in [0.717, 1.165) is 13.1 Å². The number of hydrogen-bond donors (Lipinski definition) is 1. The second kappa shape index (κ2) is 3.44. The molecule has 0 aromatic carbocycles. The molecule has 0 saturated carbocycles. The molecule has 1 rings (SSSR count). The number of amides is 1. The first-order chi connectivity index (χ1) is 5.49. The van der Waals surface area contributed by atoms with E-state index in [-0.39, 0.29) is 5.91 Å². The Morgan fingerprint density at radius 2 is 1.92 bits per heavy atom. The molecule has 12 heavy (non-hydrogen) atoms. The van der Waals surface area contributed by atoms with Crippen LogP contribution in [0.15, 0.2) is 0 Å². The molecule has 0 radical (unpaired) electrons. The van der Waals surface area contributed by atoms with Gasteiger partial charge in [0.1, 0.15) is 0 Å². The lowest BCUT2D eigenvalue weighted by atomic mass is 9.83. The van der Waals surface area contributed by atoms with Gasteiger partial charge in [0.2, 0.25) is 5.91 Å². The summed E-state index contributed by atoms with van der Waals surface area (Å²) in [5.74, 6) is -0.213. The average Bonchev–Trinajstić information content (AvgIpc) is 1.93. The molecule has 1 amide bonds. The molecule has 1 aliphatic heterocycles. The number of piperidine rings is 1. The van der Waals surface area contributed by atoms with Crippen LogP contribution in [0.5, 0.6) is 0 Å². The maximum Gasteiger partial charge on any atom is 0.231 e. The van der Waals surface area contributed by atoms with Gasteiger partial charge >= 0.3 is 0 Å². The standard InChI is InChI=1S/C9H18N2O/c1-9(2)3-5-11(6-4-9)7-8(10)12/h3-7H2,1-2H3,(H2,10,12). The highest BCUT2D eigenvalue weighted by molar-refractivity contribution is 5.75. The van der Waals surface area contributed by atoms with Crippen molar-refractivity contribution < 1.29 is 4.79 Å². The van der Waals surface area contributed by atoms with E-state index >= 15 is 0 Å². The van der Waals surface area contributed by atoms with E-state index in [4.69, 9.17) is 5.73 Å². The van der Waals surface area contributed by atoms with Gasteiger partial charge in [-0.1, -0.05) is 13.8 Å². The first kappa shape index (κ1) is 9.52. The zero-order valence-corrected chi connectivity index (χ0v) is 7.97. The summed E-state index contributed by atoms with van der Waals surface area (Å²) in [6, 6.07) is 0. The van der Waals surface area contributed by atoms with E-state index in [9.17, 15) is 4.79 Å². The van der Waals surface area contributed by atoms with Gasteiger partial charge in [-0.2, -0.15) is 0 Å². The van der Waals surface area contributed by atoms with Gasteiger partial charge in [-0.25, -0.2) is 0 Å². The molecule has 0 aromatic heterocycles. The topological polar surface area (TPSA) is 46.3 Å². The number of likely N-dealkylation sites (tertiary alicyclic amines) is 1. The third-order valence-corrected chi connectivity index (χ3v) is 2.59. The van der Waals surface area contributed by atoms with Crippen molar-refractivity contribution >= 4 is 5.91 Å². The van der Waals surface area contributed by atoms with Crippen molar-refractivity contribution in [2.75, 3.05) is 19.6 Å². The van der Waals surface area contributed by atoms with Gasteiger partial charge in [-0.15, -0.1) is 0 Å². The van der Waals surface area contributed by atoms with E-state index in [1.165, 1.54) is 12.8 Å². The smallest absolute Gasteiger partial charge is 0.231 e. The Bertz CT molecular complexity index is 167. The molecule has 0 atom stereocenters. The van der Waals surface area contributed by atoms with Crippen molar-refractivity contribution in [1.29, 1.82) is 0 Å². The van der Waals surface area contributed by atoms with Crippen LogP contribution in [0.3, 0.4) is 0 Å². The van der Waals surface area contributed by atoms with Gasteiger partial charge in [0.15, 0.2) is 0 Å². The first-order valence-electron chi connectivity index (χ1n) is 4.50. The molecule has 3 heteroatoms. The molecule has 70 valence electrons. The van der Waals surface area contributed by atoms with Crippen molar-refractivity contribution in [3.63, 3.8) is 0 Å². The SMILES string of the molecule is CC1(C)CCN(CC(N)=O)CC1. The summed E-state index contributed by atoms with van der Waals surface area (Å²) >= 11 is 0. The molecule has 2 N–H and O–H groups in total.